The van der Waals surface area contributed by atoms with Gasteiger partial charge in [0.05, 0.1) is 11.5 Å². The molecule has 1 unspecified atom stereocenters. The molecule has 28 heavy (non-hydrogen) atoms. The molecule has 0 aliphatic carbocycles. The number of carboxylic acids is 1. The normalized spacial score (nSPS) is 11.4. The summed E-state index contributed by atoms with van der Waals surface area (Å²) in [5.74, 6) is -1.57. The molecule has 0 bridgehead atoms. The summed E-state index contributed by atoms with van der Waals surface area (Å²) in [6.45, 7) is 1.49. The summed E-state index contributed by atoms with van der Waals surface area (Å²) in [7, 11) is 3.26. The Balaban J connectivity index is 2.05. The number of carbonyl (C=O) groups is 3. The molecule has 7 heteroatoms. The highest BCUT2D eigenvalue weighted by Gasteiger charge is 2.15. The first kappa shape index (κ1) is 21.0. The van der Waals surface area contributed by atoms with E-state index in [2.05, 4.69) is 5.32 Å². The van der Waals surface area contributed by atoms with Gasteiger partial charge in [-0.05, 0) is 36.2 Å². The van der Waals surface area contributed by atoms with E-state index in [0.717, 1.165) is 5.56 Å². The molecule has 0 saturated heterocycles. The highest BCUT2D eigenvalue weighted by molar-refractivity contribution is 6.06. The van der Waals surface area contributed by atoms with Gasteiger partial charge in [0.2, 0.25) is 0 Å². The van der Waals surface area contributed by atoms with E-state index in [4.69, 9.17) is 9.84 Å². The molecule has 1 atom stereocenters. The predicted molar refractivity (Wildman–Crippen MR) is 106 cm³/mol. The maximum absolute atomic E-state index is 12.6. The Hall–Kier alpha value is -3.35. The van der Waals surface area contributed by atoms with Crippen molar-refractivity contribution in [2.24, 2.45) is 5.92 Å². The van der Waals surface area contributed by atoms with Crippen molar-refractivity contribution < 1.29 is 24.2 Å². The zero-order valence-electron chi connectivity index (χ0n) is 16.1. The van der Waals surface area contributed by atoms with Crippen molar-refractivity contribution in [2.75, 3.05) is 26.0 Å². The van der Waals surface area contributed by atoms with Crippen LogP contribution in [0.3, 0.4) is 0 Å². The van der Waals surface area contributed by atoms with E-state index >= 15 is 0 Å². The van der Waals surface area contributed by atoms with Crippen LogP contribution in [-0.2, 0) is 16.0 Å². The van der Waals surface area contributed by atoms with Crippen molar-refractivity contribution in [3.8, 4) is 5.75 Å². The zero-order valence-corrected chi connectivity index (χ0v) is 16.1. The van der Waals surface area contributed by atoms with E-state index in [9.17, 15) is 14.4 Å². The molecular weight excluding hydrogens is 360 g/mol. The van der Waals surface area contributed by atoms with Gasteiger partial charge in [-0.3, -0.25) is 14.4 Å². The number of hydrogen-bond acceptors (Lipinski definition) is 4. The summed E-state index contributed by atoms with van der Waals surface area (Å²) in [5, 5.41) is 11.8. The third kappa shape index (κ3) is 5.84. The summed E-state index contributed by atoms with van der Waals surface area (Å²) in [5.41, 5.74) is 1.77. The first-order chi connectivity index (χ1) is 13.3. The smallest absolute Gasteiger partial charge is 0.306 e. The molecule has 2 rings (SSSR count). The Morgan fingerprint density at radius 3 is 2.32 bits per heavy atom. The Kier molecular flexibility index (Phi) is 7.14. The minimum Gasteiger partial charge on any atom is -0.483 e. The number of para-hydroxylation sites is 1. The van der Waals surface area contributed by atoms with Gasteiger partial charge in [-0.2, -0.15) is 0 Å². The number of carbonyl (C=O) groups excluding carboxylic acids is 2. The second-order valence-corrected chi connectivity index (χ2v) is 6.67. The van der Waals surface area contributed by atoms with E-state index in [1.807, 2.05) is 0 Å². The summed E-state index contributed by atoms with van der Waals surface area (Å²) >= 11 is 0. The number of ether oxygens (including phenoxy) is 1. The third-order valence-electron chi connectivity index (χ3n) is 4.16. The number of nitrogens with one attached hydrogen (secondary N) is 1. The van der Waals surface area contributed by atoms with Crippen molar-refractivity contribution in [2.45, 2.75) is 13.3 Å². The van der Waals surface area contributed by atoms with Crippen LogP contribution in [0.1, 0.15) is 22.8 Å². The van der Waals surface area contributed by atoms with Crippen LogP contribution in [0.5, 0.6) is 5.75 Å². The monoisotopic (exact) mass is 384 g/mol. The topological polar surface area (TPSA) is 95.9 Å². The quantitative estimate of drug-likeness (QED) is 0.729. The summed E-state index contributed by atoms with van der Waals surface area (Å²) in [6, 6.07) is 13.7. The number of amides is 2. The predicted octanol–water partition coefficient (Wildman–Crippen LogP) is 2.67. The maximum atomic E-state index is 12.6. The number of anilines is 1. The summed E-state index contributed by atoms with van der Waals surface area (Å²) < 4.78 is 5.50. The lowest BCUT2D eigenvalue weighted by Crippen LogP contribution is -2.28. The fourth-order valence-electron chi connectivity index (χ4n) is 2.41. The number of benzene rings is 2. The van der Waals surface area contributed by atoms with Crippen LogP contribution in [-0.4, -0.2) is 48.5 Å². The highest BCUT2D eigenvalue weighted by atomic mass is 16.5. The van der Waals surface area contributed by atoms with Crippen LogP contribution in [0.2, 0.25) is 0 Å². The molecular formula is C21H24N2O5. The van der Waals surface area contributed by atoms with Crippen molar-refractivity contribution in [1.29, 1.82) is 0 Å². The molecule has 2 amide bonds. The van der Waals surface area contributed by atoms with E-state index < -0.39 is 11.9 Å². The number of carboxylic acid groups (broad SMARTS) is 1. The zero-order chi connectivity index (χ0) is 20.7. The lowest BCUT2D eigenvalue weighted by molar-refractivity contribution is -0.141. The van der Waals surface area contributed by atoms with Gasteiger partial charge in [0.15, 0.2) is 6.61 Å². The average Bonchev–Trinajstić information content (AvgIpc) is 2.67. The van der Waals surface area contributed by atoms with Crippen LogP contribution in [0.4, 0.5) is 5.69 Å². The second kappa shape index (κ2) is 9.55. The lowest BCUT2D eigenvalue weighted by Gasteiger charge is -2.14. The number of nitrogens with zero attached hydrogens (tertiary/aromatic N) is 1. The fourth-order valence-corrected chi connectivity index (χ4v) is 2.41. The SMILES string of the molecule is CC(Cc1ccc(NC(=O)c2ccccc2OCC(=O)N(C)C)cc1)C(=O)O. The summed E-state index contributed by atoms with van der Waals surface area (Å²) in [6.07, 6.45) is 0.417. The van der Waals surface area contributed by atoms with Crippen molar-refractivity contribution in [3.05, 3.63) is 59.7 Å². The van der Waals surface area contributed by atoms with Crippen molar-refractivity contribution in [3.63, 3.8) is 0 Å². The molecule has 2 aromatic rings. The van der Waals surface area contributed by atoms with Gasteiger partial charge in [0, 0.05) is 19.8 Å². The molecule has 7 nitrogen and oxygen atoms in total. The van der Waals surface area contributed by atoms with Gasteiger partial charge in [0.25, 0.3) is 11.8 Å². The molecule has 0 saturated carbocycles. The van der Waals surface area contributed by atoms with Crippen molar-refractivity contribution in [1.82, 2.24) is 4.90 Å². The van der Waals surface area contributed by atoms with Gasteiger partial charge in [-0.25, -0.2) is 0 Å². The minimum atomic E-state index is -0.846. The molecule has 148 valence electrons. The Morgan fingerprint density at radius 2 is 1.71 bits per heavy atom. The van der Waals surface area contributed by atoms with E-state index in [1.54, 1.807) is 69.6 Å². The molecule has 2 N–H and O–H groups in total. The van der Waals surface area contributed by atoms with Crippen LogP contribution >= 0.6 is 0 Å². The Morgan fingerprint density at radius 1 is 1.07 bits per heavy atom. The third-order valence-corrected chi connectivity index (χ3v) is 4.16. The fraction of sp³-hybridized carbons (Fsp3) is 0.286. The van der Waals surface area contributed by atoms with Crippen LogP contribution in [0.15, 0.2) is 48.5 Å². The molecule has 0 aromatic heterocycles. The van der Waals surface area contributed by atoms with Crippen LogP contribution in [0, 0.1) is 5.92 Å². The molecule has 2 aromatic carbocycles. The van der Waals surface area contributed by atoms with Gasteiger partial charge in [-0.15, -0.1) is 0 Å². The van der Waals surface area contributed by atoms with E-state index in [-0.39, 0.29) is 18.4 Å². The second-order valence-electron chi connectivity index (χ2n) is 6.67. The Labute approximate surface area is 163 Å². The average molecular weight is 384 g/mol. The molecule has 0 aliphatic rings. The number of hydrogen-bond donors (Lipinski definition) is 2. The minimum absolute atomic E-state index is 0.159. The molecule has 0 aliphatic heterocycles. The first-order valence-corrected chi connectivity index (χ1v) is 8.83. The summed E-state index contributed by atoms with van der Waals surface area (Å²) in [4.78, 5) is 36.7. The Bertz CT molecular complexity index is 846. The first-order valence-electron chi connectivity index (χ1n) is 8.83. The standard InChI is InChI=1S/C21H24N2O5/c1-14(21(26)27)12-15-8-10-16(11-9-15)22-20(25)17-6-4-5-7-18(17)28-13-19(24)23(2)3/h4-11,14H,12-13H2,1-3H3,(H,22,25)(H,26,27). The maximum Gasteiger partial charge on any atom is 0.306 e. The van der Waals surface area contributed by atoms with Gasteiger partial charge < -0.3 is 20.1 Å². The van der Waals surface area contributed by atoms with Crippen molar-refractivity contribution >= 4 is 23.5 Å². The number of likely N-dealkylation sites (N-methyl/N-ethyl adjacent to an activating group) is 1. The molecule has 0 radical (unpaired) electrons. The number of aliphatic carboxylic acids is 1. The van der Waals surface area contributed by atoms with E-state index in [1.165, 1.54) is 4.90 Å². The largest absolute Gasteiger partial charge is 0.483 e. The molecule has 0 spiro atoms. The lowest BCUT2D eigenvalue weighted by atomic mass is 10.0. The van der Waals surface area contributed by atoms with E-state index in [0.29, 0.717) is 23.4 Å². The van der Waals surface area contributed by atoms with Gasteiger partial charge in [0.1, 0.15) is 5.75 Å². The number of rotatable bonds is 8. The molecule has 0 fully saturated rings. The van der Waals surface area contributed by atoms with Gasteiger partial charge in [-0.1, -0.05) is 31.2 Å². The highest BCUT2D eigenvalue weighted by Crippen LogP contribution is 2.20. The van der Waals surface area contributed by atoms with Crippen LogP contribution < -0.4 is 10.1 Å². The van der Waals surface area contributed by atoms with Gasteiger partial charge >= 0.3 is 5.97 Å². The molecule has 0 heterocycles. The van der Waals surface area contributed by atoms with Crippen LogP contribution in [0.25, 0.3) is 0 Å².